The quantitative estimate of drug-likeness (QED) is 0.770. The van der Waals surface area contributed by atoms with Gasteiger partial charge in [0, 0.05) is 23.9 Å². The van der Waals surface area contributed by atoms with E-state index in [0.29, 0.717) is 18.8 Å². The number of ether oxygens (including phenoxy) is 1. The Labute approximate surface area is 179 Å². The second kappa shape index (κ2) is 7.90. The Balaban J connectivity index is 1.06. The van der Waals surface area contributed by atoms with Gasteiger partial charge in [0.25, 0.3) is 5.91 Å². The zero-order valence-electron chi connectivity index (χ0n) is 17.9. The van der Waals surface area contributed by atoms with Crippen molar-refractivity contribution < 1.29 is 14.3 Å². The van der Waals surface area contributed by atoms with E-state index in [-0.39, 0.29) is 22.9 Å². The van der Waals surface area contributed by atoms with Gasteiger partial charge in [-0.1, -0.05) is 56.7 Å². The first-order valence-electron chi connectivity index (χ1n) is 11.9. The minimum absolute atomic E-state index is 0.0172. The van der Waals surface area contributed by atoms with Crippen molar-refractivity contribution in [1.29, 1.82) is 0 Å². The maximum absolute atomic E-state index is 12.7. The van der Waals surface area contributed by atoms with Crippen LogP contribution in [0.4, 0.5) is 0 Å². The molecule has 1 atom stereocenters. The summed E-state index contributed by atoms with van der Waals surface area (Å²) in [5, 5.41) is 6.54. The van der Waals surface area contributed by atoms with Gasteiger partial charge < -0.3 is 15.4 Å². The summed E-state index contributed by atoms with van der Waals surface area (Å²) in [5.74, 6) is 1.57. The van der Waals surface area contributed by atoms with E-state index in [4.69, 9.17) is 4.74 Å². The second-order valence-corrected chi connectivity index (χ2v) is 10.3. The van der Waals surface area contributed by atoms with Gasteiger partial charge in [0.2, 0.25) is 5.91 Å². The molecule has 0 spiro atoms. The molecule has 30 heavy (non-hydrogen) atoms. The van der Waals surface area contributed by atoms with E-state index in [1.807, 2.05) is 24.3 Å². The lowest BCUT2D eigenvalue weighted by Crippen LogP contribution is -2.84. The van der Waals surface area contributed by atoms with Crippen molar-refractivity contribution >= 4 is 11.8 Å². The molecule has 162 valence electrons. The highest BCUT2D eigenvalue weighted by Gasteiger charge is 2.69. The number of nitrogens with one attached hydrogen (secondary N) is 2. The van der Waals surface area contributed by atoms with Crippen LogP contribution >= 0.6 is 0 Å². The molecule has 0 saturated heterocycles. The maximum atomic E-state index is 12.7. The van der Waals surface area contributed by atoms with Gasteiger partial charge in [-0.25, -0.2) is 0 Å². The molecule has 5 nitrogen and oxygen atoms in total. The summed E-state index contributed by atoms with van der Waals surface area (Å²) in [6.45, 7) is 0. The number of carbonyl (C=O) groups is 2. The number of amides is 2. The van der Waals surface area contributed by atoms with Crippen LogP contribution in [0.2, 0.25) is 0 Å². The van der Waals surface area contributed by atoms with E-state index >= 15 is 0 Å². The molecule has 2 amide bonds. The fourth-order valence-corrected chi connectivity index (χ4v) is 6.25. The third kappa shape index (κ3) is 3.95. The van der Waals surface area contributed by atoms with E-state index in [2.05, 4.69) is 10.6 Å². The molecule has 0 radical (unpaired) electrons. The number of hydrogen-bond donors (Lipinski definition) is 2. The van der Waals surface area contributed by atoms with Gasteiger partial charge in [-0.2, -0.15) is 0 Å². The van der Waals surface area contributed by atoms with Crippen LogP contribution in [-0.4, -0.2) is 29.0 Å². The van der Waals surface area contributed by atoms with Crippen LogP contribution in [0.1, 0.15) is 82.6 Å². The Morgan fingerprint density at radius 1 is 0.900 bits per heavy atom. The van der Waals surface area contributed by atoms with E-state index in [1.54, 1.807) is 0 Å². The van der Waals surface area contributed by atoms with Crippen LogP contribution in [0, 0.1) is 5.92 Å². The topological polar surface area (TPSA) is 67.4 Å². The van der Waals surface area contributed by atoms with Crippen molar-refractivity contribution in [3.8, 4) is 5.75 Å². The van der Waals surface area contributed by atoms with Crippen molar-refractivity contribution in [2.45, 2.75) is 101 Å². The summed E-state index contributed by atoms with van der Waals surface area (Å²) in [4.78, 5) is 25.4. The zero-order chi connectivity index (χ0) is 20.6. The number of fused-ring (bicyclic) bond motifs is 1. The number of rotatable bonds is 5. The van der Waals surface area contributed by atoms with Crippen LogP contribution in [0.15, 0.2) is 24.3 Å². The van der Waals surface area contributed by atoms with Crippen molar-refractivity contribution in [3.63, 3.8) is 0 Å². The lowest BCUT2D eigenvalue weighted by molar-refractivity contribution is -0.153. The molecule has 1 unspecified atom stereocenters. The molecule has 4 fully saturated rings. The van der Waals surface area contributed by atoms with Crippen molar-refractivity contribution in [2.24, 2.45) is 5.92 Å². The Bertz CT molecular complexity index is 766. The van der Waals surface area contributed by atoms with E-state index in [0.717, 1.165) is 30.6 Å². The molecule has 2 bridgehead atoms. The molecular weight excluding hydrogens is 376 g/mol. The van der Waals surface area contributed by atoms with Gasteiger partial charge in [0.1, 0.15) is 5.75 Å². The SMILES string of the molecule is O=C(CC1CCCCCCCC1)NC12CC(NC(=O)C3Cc4ccccc4O3)(C1)C2. The molecule has 4 saturated carbocycles. The molecular formula is C25H34N2O3. The van der Waals surface area contributed by atoms with Crippen LogP contribution in [-0.2, 0) is 16.0 Å². The normalized spacial score (nSPS) is 32.9. The molecule has 4 aliphatic carbocycles. The summed E-state index contributed by atoms with van der Waals surface area (Å²) >= 11 is 0. The maximum Gasteiger partial charge on any atom is 0.261 e. The predicted molar refractivity (Wildman–Crippen MR) is 115 cm³/mol. The molecule has 6 rings (SSSR count). The Morgan fingerprint density at radius 2 is 1.53 bits per heavy atom. The fraction of sp³-hybridized carbons (Fsp3) is 0.680. The number of hydrogen-bond acceptors (Lipinski definition) is 3. The molecule has 1 aliphatic heterocycles. The largest absolute Gasteiger partial charge is 0.480 e. The average molecular weight is 411 g/mol. The van der Waals surface area contributed by atoms with E-state index in [1.165, 1.54) is 51.4 Å². The highest BCUT2D eigenvalue weighted by atomic mass is 16.5. The van der Waals surface area contributed by atoms with Gasteiger partial charge in [-0.05, 0) is 49.7 Å². The van der Waals surface area contributed by atoms with Crippen LogP contribution in [0.25, 0.3) is 0 Å². The first-order chi connectivity index (χ1) is 14.5. The summed E-state index contributed by atoms with van der Waals surface area (Å²) in [5.41, 5.74) is 0.909. The average Bonchev–Trinajstić information content (AvgIpc) is 3.15. The molecule has 2 N–H and O–H groups in total. The van der Waals surface area contributed by atoms with Gasteiger partial charge in [-0.15, -0.1) is 0 Å². The highest BCUT2D eigenvalue weighted by Crippen LogP contribution is 2.60. The predicted octanol–water partition coefficient (Wildman–Crippen LogP) is 4.04. The summed E-state index contributed by atoms with van der Waals surface area (Å²) in [7, 11) is 0. The Kier molecular flexibility index (Phi) is 5.24. The van der Waals surface area contributed by atoms with E-state index in [9.17, 15) is 9.59 Å². The summed E-state index contributed by atoms with van der Waals surface area (Å²) in [6.07, 6.45) is 13.8. The lowest BCUT2D eigenvalue weighted by Gasteiger charge is -2.70. The highest BCUT2D eigenvalue weighted by molar-refractivity contribution is 5.84. The van der Waals surface area contributed by atoms with Gasteiger partial charge in [0.15, 0.2) is 6.10 Å². The van der Waals surface area contributed by atoms with E-state index < -0.39 is 6.10 Å². The zero-order valence-corrected chi connectivity index (χ0v) is 17.9. The standard InChI is InChI=1S/C25H34N2O3/c28-22(13-18-9-5-3-1-2-4-6-10-18)26-24-15-25(16-24,17-24)27-23(29)21-14-19-11-7-8-12-20(19)30-21/h7-8,11-12,18,21H,1-6,9-10,13-17H2,(H,26,28)(H,27,29). The van der Waals surface area contributed by atoms with Crippen molar-refractivity contribution in [3.05, 3.63) is 29.8 Å². The second-order valence-electron chi connectivity index (χ2n) is 10.3. The van der Waals surface area contributed by atoms with Crippen LogP contribution in [0.5, 0.6) is 5.75 Å². The third-order valence-electron chi connectivity index (χ3n) is 7.71. The van der Waals surface area contributed by atoms with Crippen LogP contribution in [0.3, 0.4) is 0 Å². The smallest absolute Gasteiger partial charge is 0.261 e. The minimum atomic E-state index is -0.426. The van der Waals surface area contributed by atoms with Gasteiger partial charge in [-0.3, -0.25) is 9.59 Å². The molecule has 1 heterocycles. The molecule has 1 aromatic carbocycles. The first-order valence-corrected chi connectivity index (χ1v) is 11.9. The number of carbonyl (C=O) groups excluding carboxylic acids is 2. The third-order valence-corrected chi connectivity index (χ3v) is 7.71. The molecule has 0 aromatic heterocycles. The van der Waals surface area contributed by atoms with Crippen molar-refractivity contribution in [1.82, 2.24) is 10.6 Å². The Morgan fingerprint density at radius 3 is 2.23 bits per heavy atom. The summed E-state index contributed by atoms with van der Waals surface area (Å²) < 4.78 is 5.82. The Hall–Kier alpha value is -2.04. The minimum Gasteiger partial charge on any atom is -0.480 e. The molecule has 5 heteroatoms. The van der Waals surface area contributed by atoms with Gasteiger partial charge in [0.05, 0.1) is 0 Å². The summed E-state index contributed by atoms with van der Waals surface area (Å²) in [6, 6.07) is 7.86. The van der Waals surface area contributed by atoms with Crippen LogP contribution < -0.4 is 15.4 Å². The first kappa shape index (κ1) is 19.9. The monoisotopic (exact) mass is 410 g/mol. The number of benzene rings is 1. The number of para-hydroxylation sites is 1. The molecule has 1 aromatic rings. The van der Waals surface area contributed by atoms with Gasteiger partial charge >= 0.3 is 0 Å². The van der Waals surface area contributed by atoms with Crippen molar-refractivity contribution in [2.75, 3.05) is 0 Å². The fourth-order valence-electron chi connectivity index (χ4n) is 6.25. The lowest BCUT2D eigenvalue weighted by atomic mass is 9.44. The molecule has 5 aliphatic rings.